The number of rotatable bonds is 3. The van der Waals surface area contributed by atoms with Crippen molar-refractivity contribution in [2.45, 2.75) is 0 Å². The number of hydrogen-bond donors (Lipinski definition) is 2. The number of halogens is 3. The van der Waals surface area contributed by atoms with Crippen LogP contribution < -0.4 is 5.32 Å². The van der Waals surface area contributed by atoms with Crippen molar-refractivity contribution >= 4 is 45.1 Å². The lowest BCUT2D eigenvalue weighted by Crippen LogP contribution is -2.15. The highest BCUT2D eigenvalue weighted by Crippen LogP contribution is 2.24. The van der Waals surface area contributed by atoms with Gasteiger partial charge >= 0.3 is 5.97 Å². The van der Waals surface area contributed by atoms with Crippen molar-refractivity contribution in [1.29, 1.82) is 0 Å². The maximum absolute atomic E-state index is 13.0. The third-order valence-electron chi connectivity index (χ3n) is 2.64. The monoisotopic (exact) mass is 371 g/mol. The minimum absolute atomic E-state index is 0.0504. The summed E-state index contributed by atoms with van der Waals surface area (Å²) in [6.07, 6.45) is 0. The fourth-order valence-electron chi connectivity index (χ4n) is 1.67. The molecule has 0 aliphatic heterocycles. The Bertz CT molecular complexity index is 736. The normalized spacial score (nSPS) is 10.2. The van der Waals surface area contributed by atoms with Gasteiger partial charge < -0.3 is 10.4 Å². The number of anilines is 1. The second-order valence-electron chi connectivity index (χ2n) is 4.07. The molecule has 0 heterocycles. The lowest BCUT2D eigenvalue weighted by Gasteiger charge is -2.10. The maximum atomic E-state index is 13.0. The summed E-state index contributed by atoms with van der Waals surface area (Å²) in [5, 5.41) is 11.5. The average molecular weight is 373 g/mol. The molecule has 0 saturated heterocycles. The van der Waals surface area contributed by atoms with Gasteiger partial charge in [-0.25, -0.2) is 9.18 Å². The first-order valence-electron chi connectivity index (χ1n) is 5.67. The molecule has 4 nitrogen and oxygen atoms in total. The number of nitrogens with one attached hydrogen (secondary N) is 1. The molecular formula is C14H8BrClFNO3. The molecule has 0 fully saturated rings. The number of benzene rings is 2. The fourth-order valence-corrected chi connectivity index (χ4v) is 2.28. The Morgan fingerprint density at radius 3 is 2.43 bits per heavy atom. The van der Waals surface area contributed by atoms with Crippen LogP contribution in [0.25, 0.3) is 0 Å². The summed E-state index contributed by atoms with van der Waals surface area (Å²) in [5.74, 6) is -2.37. The van der Waals surface area contributed by atoms with Gasteiger partial charge in [-0.05, 0) is 36.4 Å². The number of carbonyl (C=O) groups excluding carboxylic acids is 1. The van der Waals surface area contributed by atoms with Crippen molar-refractivity contribution in [3.63, 3.8) is 0 Å². The molecule has 21 heavy (non-hydrogen) atoms. The van der Waals surface area contributed by atoms with Gasteiger partial charge in [0.2, 0.25) is 0 Å². The van der Waals surface area contributed by atoms with E-state index in [0.29, 0.717) is 4.47 Å². The highest BCUT2D eigenvalue weighted by Gasteiger charge is 2.16. The molecule has 0 aromatic heterocycles. The summed E-state index contributed by atoms with van der Waals surface area (Å²) in [6, 6.07) is 7.69. The van der Waals surface area contributed by atoms with Gasteiger partial charge in [-0.3, -0.25) is 4.79 Å². The number of amides is 1. The standard InChI is InChI=1S/C14H8BrClFNO3/c15-7-1-3-10(14(20)21)12(5-7)18-13(19)9-4-2-8(17)6-11(9)16/h1-6H,(H,18,19)(H,20,21). The zero-order valence-electron chi connectivity index (χ0n) is 10.4. The topological polar surface area (TPSA) is 66.4 Å². The SMILES string of the molecule is O=C(Nc1cc(Br)ccc1C(=O)O)c1ccc(F)cc1Cl. The molecule has 0 unspecified atom stereocenters. The van der Waals surface area contributed by atoms with Crippen LogP contribution in [-0.2, 0) is 0 Å². The Labute approximate surface area is 132 Å². The molecule has 0 aliphatic carbocycles. The molecule has 0 atom stereocenters. The molecule has 2 N–H and O–H groups in total. The van der Waals surface area contributed by atoms with E-state index in [9.17, 15) is 14.0 Å². The van der Waals surface area contributed by atoms with Gasteiger partial charge in [-0.15, -0.1) is 0 Å². The second kappa shape index (κ2) is 6.24. The molecule has 0 aliphatic rings. The van der Waals surface area contributed by atoms with Crippen molar-refractivity contribution in [1.82, 2.24) is 0 Å². The lowest BCUT2D eigenvalue weighted by atomic mass is 10.1. The van der Waals surface area contributed by atoms with E-state index in [0.717, 1.165) is 12.1 Å². The lowest BCUT2D eigenvalue weighted by molar-refractivity contribution is 0.0698. The van der Waals surface area contributed by atoms with Crippen LogP contribution in [0.1, 0.15) is 20.7 Å². The van der Waals surface area contributed by atoms with Crippen LogP contribution in [0.3, 0.4) is 0 Å². The summed E-state index contributed by atoms with van der Waals surface area (Å²) in [5.41, 5.74) is 0.0985. The molecule has 0 saturated carbocycles. The quantitative estimate of drug-likeness (QED) is 0.849. The molecule has 2 rings (SSSR count). The largest absolute Gasteiger partial charge is 0.478 e. The van der Waals surface area contributed by atoms with Gasteiger partial charge in [-0.2, -0.15) is 0 Å². The van der Waals surface area contributed by atoms with Gasteiger partial charge in [0.05, 0.1) is 21.8 Å². The van der Waals surface area contributed by atoms with Crippen LogP contribution in [-0.4, -0.2) is 17.0 Å². The smallest absolute Gasteiger partial charge is 0.337 e. The van der Waals surface area contributed by atoms with Crippen LogP contribution in [0.4, 0.5) is 10.1 Å². The number of carbonyl (C=O) groups is 2. The van der Waals surface area contributed by atoms with Gasteiger partial charge in [0, 0.05) is 4.47 Å². The Morgan fingerprint density at radius 1 is 1.14 bits per heavy atom. The Morgan fingerprint density at radius 2 is 1.81 bits per heavy atom. The average Bonchev–Trinajstić information content (AvgIpc) is 2.37. The van der Waals surface area contributed by atoms with Crippen molar-refractivity contribution in [2.24, 2.45) is 0 Å². The Kier molecular flexibility index (Phi) is 4.59. The van der Waals surface area contributed by atoms with Crippen molar-refractivity contribution in [3.8, 4) is 0 Å². The van der Waals surface area contributed by atoms with E-state index in [2.05, 4.69) is 21.2 Å². The van der Waals surface area contributed by atoms with E-state index in [-0.39, 0.29) is 21.8 Å². The van der Waals surface area contributed by atoms with Gasteiger partial charge in [0.1, 0.15) is 5.82 Å². The first-order valence-corrected chi connectivity index (χ1v) is 6.85. The van der Waals surface area contributed by atoms with E-state index in [1.807, 2.05) is 0 Å². The predicted octanol–water partition coefficient (Wildman–Crippen LogP) is 4.19. The molecule has 1 amide bonds. The summed E-state index contributed by atoms with van der Waals surface area (Å²) < 4.78 is 13.6. The number of hydrogen-bond acceptors (Lipinski definition) is 2. The number of aromatic carboxylic acids is 1. The van der Waals surface area contributed by atoms with Gasteiger partial charge in [-0.1, -0.05) is 27.5 Å². The molecule has 2 aromatic carbocycles. The predicted molar refractivity (Wildman–Crippen MR) is 80.5 cm³/mol. The van der Waals surface area contributed by atoms with Crippen molar-refractivity contribution < 1.29 is 19.1 Å². The second-order valence-corrected chi connectivity index (χ2v) is 5.40. The summed E-state index contributed by atoms with van der Waals surface area (Å²) >= 11 is 8.99. The Hall–Kier alpha value is -1.92. The third-order valence-corrected chi connectivity index (χ3v) is 3.44. The summed E-state index contributed by atoms with van der Waals surface area (Å²) in [6.45, 7) is 0. The van der Waals surface area contributed by atoms with Crippen molar-refractivity contribution in [3.05, 3.63) is 62.8 Å². The first-order chi connectivity index (χ1) is 9.88. The fraction of sp³-hybridized carbons (Fsp3) is 0. The minimum atomic E-state index is -1.18. The zero-order chi connectivity index (χ0) is 15.6. The van der Waals surface area contributed by atoms with Crippen LogP contribution in [0.5, 0.6) is 0 Å². The van der Waals surface area contributed by atoms with E-state index >= 15 is 0 Å². The highest BCUT2D eigenvalue weighted by molar-refractivity contribution is 9.10. The van der Waals surface area contributed by atoms with Crippen LogP contribution >= 0.6 is 27.5 Å². The number of carboxylic acids is 1. The molecule has 0 spiro atoms. The first kappa shape index (κ1) is 15.5. The maximum Gasteiger partial charge on any atom is 0.337 e. The van der Waals surface area contributed by atoms with E-state index < -0.39 is 17.7 Å². The Balaban J connectivity index is 2.35. The van der Waals surface area contributed by atoms with Gasteiger partial charge in [0.15, 0.2) is 0 Å². The number of carboxylic acid groups (broad SMARTS) is 1. The van der Waals surface area contributed by atoms with Crippen LogP contribution in [0, 0.1) is 5.82 Å². The molecule has 7 heteroatoms. The van der Waals surface area contributed by atoms with Crippen LogP contribution in [0.2, 0.25) is 5.02 Å². The summed E-state index contributed by atoms with van der Waals surface area (Å²) in [7, 11) is 0. The molecule has 0 radical (unpaired) electrons. The van der Waals surface area contributed by atoms with Crippen LogP contribution in [0.15, 0.2) is 40.9 Å². The van der Waals surface area contributed by atoms with E-state index in [4.69, 9.17) is 16.7 Å². The summed E-state index contributed by atoms with van der Waals surface area (Å²) in [4.78, 5) is 23.2. The molecule has 2 aromatic rings. The van der Waals surface area contributed by atoms with E-state index in [1.54, 1.807) is 6.07 Å². The molecule has 108 valence electrons. The molecule has 0 bridgehead atoms. The van der Waals surface area contributed by atoms with Gasteiger partial charge in [0.25, 0.3) is 5.91 Å². The highest BCUT2D eigenvalue weighted by atomic mass is 79.9. The third kappa shape index (κ3) is 3.59. The zero-order valence-corrected chi connectivity index (χ0v) is 12.7. The molecular weight excluding hydrogens is 365 g/mol. The van der Waals surface area contributed by atoms with E-state index in [1.165, 1.54) is 18.2 Å². The van der Waals surface area contributed by atoms with Crippen molar-refractivity contribution in [2.75, 3.05) is 5.32 Å². The minimum Gasteiger partial charge on any atom is -0.478 e.